The summed E-state index contributed by atoms with van der Waals surface area (Å²) in [5.41, 5.74) is 4.47. The zero-order valence-corrected chi connectivity index (χ0v) is 19.2. The van der Waals surface area contributed by atoms with E-state index in [4.69, 9.17) is 11.6 Å². The first kappa shape index (κ1) is 21.0. The van der Waals surface area contributed by atoms with E-state index in [-0.39, 0.29) is 11.3 Å². The molecule has 1 aliphatic heterocycles. The predicted molar refractivity (Wildman–Crippen MR) is 128 cm³/mol. The number of nitrogens with zero attached hydrogens (tertiary/aromatic N) is 1. The highest BCUT2D eigenvalue weighted by molar-refractivity contribution is 7.10. The van der Waals surface area contributed by atoms with Crippen molar-refractivity contribution < 1.29 is 14.7 Å². The molecule has 0 spiro atoms. The molecule has 4 nitrogen and oxygen atoms in total. The first-order valence-electron chi connectivity index (χ1n) is 10.7. The Hall–Kier alpha value is -2.89. The van der Waals surface area contributed by atoms with Crippen LogP contribution in [0.5, 0.6) is 0 Å². The number of ketones is 1. The van der Waals surface area contributed by atoms with E-state index in [0.717, 1.165) is 24.1 Å². The lowest BCUT2D eigenvalue weighted by molar-refractivity contribution is -0.132. The molecule has 0 saturated carbocycles. The van der Waals surface area contributed by atoms with E-state index in [0.29, 0.717) is 21.8 Å². The number of benzene rings is 2. The Kier molecular flexibility index (Phi) is 5.39. The highest BCUT2D eigenvalue weighted by atomic mass is 35.5. The van der Waals surface area contributed by atoms with Crippen molar-refractivity contribution in [2.75, 3.05) is 4.90 Å². The lowest BCUT2D eigenvalue weighted by Crippen LogP contribution is -2.29. The quantitative estimate of drug-likeness (QED) is 0.285. The van der Waals surface area contributed by atoms with Crippen LogP contribution in [-0.2, 0) is 22.4 Å². The molecule has 2 heterocycles. The maximum atomic E-state index is 13.3. The van der Waals surface area contributed by atoms with Gasteiger partial charge in [0.1, 0.15) is 11.8 Å². The van der Waals surface area contributed by atoms with Crippen LogP contribution in [0, 0.1) is 6.92 Å². The van der Waals surface area contributed by atoms with Crippen molar-refractivity contribution in [3.05, 3.63) is 91.6 Å². The average Bonchev–Trinajstić information content (AvgIpc) is 3.42. The van der Waals surface area contributed by atoms with Crippen LogP contribution in [0.25, 0.3) is 5.76 Å². The molecular weight excluding hydrogens is 442 g/mol. The third kappa shape index (κ3) is 3.37. The highest BCUT2D eigenvalue weighted by Crippen LogP contribution is 2.45. The Labute approximate surface area is 195 Å². The van der Waals surface area contributed by atoms with Crippen molar-refractivity contribution in [3.63, 3.8) is 0 Å². The van der Waals surface area contributed by atoms with Crippen molar-refractivity contribution in [1.82, 2.24) is 0 Å². The summed E-state index contributed by atoms with van der Waals surface area (Å²) in [5.74, 6) is -1.47. The fourth-order valence-electron chi connectivity index (χ4n) is 4.69. The number of aliphatic hydroxyl groups excluding tert-OH is 1. The van der Waals surface area contributed by atoms with Crippen molar-refractivity contribution in [3.8, 4) is 0 Å². The zero-order valence-electron chi connectivity index (χ0n) is 17.6. The number of fused-ring (bicyclic) bond motifs is 1. The van der Waals surface area contributed by atoms with Gasteiger partial charge in [0.05, 0.1) is 5.57 Å². The van der Waals surface area contributed by atoms with Gasteiger partial charge in [0.25, 0.3) is 11.7 Å². The van der Waals surface area contributed by atoms with Crippen LogP contribution in [0.2, 0.25) is 5.02 Å². The fourth-order valence-corrected chi connectivity index (χ4v) is 5.68. The molecule has 0 radical (unpaired) electrons. The number of aryl methyl sites for hydroxylation is 2. The summed E-state index contributed by atoms with van der Waals surface area (Å²) >= 11 is 7.78. The van der Waals surface area contributed by atoms with Crippen molar-refractivity contribution in [2.24, 2.45) is 0 Å². The van der Waals surface area contributed by atoms with Gasteiger partial charge in [-0.15, -0.1) is 11.3 Å². The molecule has 3 aromatic rings. The Bertz CT molecular complexity index is 1260. The number of hydrogen-bond donors (Lipinski definition) is 1. The topological polar surface area (TPSA) is 57.6 Å². The normalized spacial score (nSPS) is 19.9. The van der Waals surface area contributed by atoms with Crippen LogP contribution in [0.1, 0.15) is 46.0 Å². The van der Waals surface area contributed by atoms with E-state index in [9.17, 15) is 14.7 Å². The molecule has 0 bridgehead atoms. The molecule has 1 saturated heterocycles. The molecule has 2 aliphatic rings. The summed E-state index contributed by atoms with van der Waals surface area (Å²) in [6, 6.07) is 14.2. The second-order valence-corrected chi connectivity index (χ2v) is 9.65. The minimum Gasteiger partial charge on any atom is -0.507 e. The number of anilines is 1. The third-order valence-corrected chi connectivity index (χ3v) is 7.71. The summed E-state index contributed by atoms with van der Waals surface area (Å²) in [5, 5.41) is 13.7. The Balaban J connectivity index is 1.70. The molecule has 1 aliphatic carbocycles. The monoisotopic (exact) mass is 463 g/mol. The molecule has 6 heteroatoms. The molecule has 1 N–H and O–H groups in total. The molecule has 1 atom stereocenters. The summed E-state index contributed by atoms with van der Waals surface area (Å²) in [6.45, 7) is 1.83. The number of halogens is 1. The molecule has 1 fully saturated rings. The molecule has 162 valence electrons. The van der Waals surface area contributed by atoms with Crippen LogP contribution >= 0.6 is 22.9 Å². The molecular formula is C26H22ClNO3S. The Morgan fingerprint density at radius 1 is 1.06 bits per heavy atom. The lowest BCUT2D eigenvalue weighted by Gasteiger charge is -2.26. The van der Waals surface area contributed by atoms with Gasteiger partial charge in [0.2, 0.25) is 0 Å². The van der Waals surface area contributed by atoms with Crippen LogP contribution in [0.3, 0.4) is 0 Å². The largest absolute Gasteiger partial charge is 0.507 e. The van der Waals surface area contributed by atoms with E-state index in [1.54, 1.807) is 18.2 Å². The number of amides is 1. The van der Waals surface area contributed by atoms with Gasteiger partial charge >= 0.3 is 0 Å². The van der Waals surface area contributed by atoms with Crippen LogP contribution in [-0.4, -0.2) is 16.8 Å². The van der Waals surface area contributed by atoms with Gasteiger partial charge in [-0.2, -0.15) is 0 Å². The van der Waals surface area contributed by atoms with E-state index in [1.807, 2.05) is 42.6 Å². The number of Topliss-reactive ketones (excluding diaryl/α,β-unsaturated/α-hetero) is 1. The third-order valence-electron chi connectivity index (χ3n) is 6.38. The predicted octanol–water partition coefficient (Wildman–Crippen LogP) is 6.22. The van der Waals surface area contributed by atoms with Gasteiger partial charge in [0.15, 0.2) is 0 Å². The standard InChI is InChI=1S/C26H22ClNO3S/c1-15-19(27)8-4-9-20(15)28-23(21-10-5-13-32-21)22(25(30)26(28)31)24(29)18-12-11-16-6-2-3-7-17(16)14-18/h4-5,8-14,23,29H,2-3,6-7H2,1H3/b24-22-. The first-order chi connectivity index (χ1) is 15.5. The summed E-state index contributed by atoms with van der Waals surface area (Å²) in [4.78, 5) is 28.8. The Morgan fingerprint density at radius 3 is 2.59 bits per heavy atom. The maximum Gasteiger partial charge on any atom is 0.300 e. The van der Waals surface area contributed by atoms with Crippen molar-refractivity contribution >= 4 is 46.1 Å². The summed E-state index contributed by atoms with van der Waals surface area (Å²) < 4.78 is 0. The van der Waals surface area contributed by atoms with Gasteiger partial charge in [-0.25, -0.2) is 0 Å². The van der Waals surface area contributed by atoms with Crippen LogP contribution < -0.4 is 4.90 Å². The second-order valence-electron chi connectivity index (χ2n) is 8.26. The smallest absolute Gasteiger partial charge is 0.300 e. The maximum absolute atomic E-state index is 13.3. The number of carbonyl (C=O) groups excluding carboxylic acids is 2. The van der Waals surface area contributed by atoms with Crippen LogP contribution in [0.4, 0.5) is 5.69 Å². The SMILES string of the molecule is Cc1c(Cl)cccc1N1C(=O)C(=O)/C(=C(\O)c2ccc3c(c2)CCCC3)C1c1cccs1. The van der Waals surface area contributed by atoms with Crippen molar-refractivity contribution in [2.45, 2.75) is 38.6 Å². The number of rotatable bonds is 3. The highest BCUT2D eigenvalue weighted by Gasteiger charge is 2.47. The second kappa shape index (κ2) is 8.23. The van der Waals surface area contributed by atoms with E-state index >= 15 is 0 Å². The van der Waals surface area contributed by atoms with Gasteiger partial charge in [-0.05, 0) is 78.9 Å². The van der Waals surface area contributed by atoms with Gasteiger partial charge in [0, 0.05) is 21.2 Å². The number of carbonyl (C=O) groups is 2. The van der Waals surface area contributed by atoms with Crippen LogP contribution in [0.15, 0.2) is 59.5 Å². The van der Waals surface area contributed by atoms with E-state index in [1.165, 1.54) is 33.8 Å². The summed E-state index contributed by atoms with van der Waals surface area (Å²) in [7, 11) is 0. The molecule has 1 aromatic heterocycles. The van der Waals surface area contributed by atoms with E-state index in [2.05, 4.69) is 0 Å². The van der Waals surface area contributed by atoms with Gasteiger partial charge < -0.3 is 5.11 Å². The number of thiophene rings is 1. The lowest BCUT2D eigenvalue weighted by atomic mass is 9.89. The molecule has 1 amide bonds. The van der Waals surface area contributed by atoms with Gasteiger partial charge in [-0.3, -0.25) is 14.5 Å². The fraction of sp³-hybridized carbons (Fsp3) is 0.231. The van der Waals surface area contributed by atoms with Gasteiger partial charge in [-0.1, -0.05) is 35.9 Å². The van der Waals surface area contributed by atoms with Crippen molar-refractivity contribution in [1.29, 1.82) is 0 Å². The number of hydrogen-bond acceptors (Lipinski definition) is 4. The molecule has 32 heavy (non-hydrogen) atoms. The zero-order chi connectivity index (χ0) is 22.4. The molecule has 5 rings (SSSR count). The minimum absolute atomic E-state index is 0.118. The van der Waals surface area contributed by atoms with E-state index < -0.39 is 17.7 Å². The minimum atomic E-state index is -0.705. The summed E-state index contributed by atoms with van der Waals surface area (Å²) in [6.07, 6.45) is 4.27. The molecule has 1 unspecified atom stereocenters. The average molecular weight is 464 g/mol. The number of aliphatic hydroxyl groups is 1. The first-order valence-corrected chi connectivity index (χ1v) is 11.9. The molecule has 2 aromatic carbocycles. The Morgan fingerprint density at radius 2 is 1.84 bits per heavy atom.